The molecule has 0 saturated carbocycles. The molecule has 322 valence electrons. The van der Waals surface area contributed by atoms with Crippen LogP contribution in [0.1, 0.15) is 84.0 Å². The molecule has 2 heterocycles. The Morgan fingerprint density at radius 1 is 0.478 bits per heavy atom. The lowest BCUT2D eigenvalue weighted by Gasteiger charge is -2.50. The van der Waals surface area contributed by atoms with Gasteiger partial charge in [0.25, 0.3) is 0 Å². The van der Waals surface area contributed by atoms with Gasteiger partial charge in [-0.3, -0.25) is 0 Å². The van der Waals surface area contributed by atoms with Crippen LogP contribution in [0.2, 0.25) is 0 Å². The summed E-state index contributed by atoms with van der Waals surface area (Å²) in [5.41, 5.74) is 17.8. The van der Waals surface area contributed by atoms with Crippen molar-refractivity contribution in [2.75, 3.05) is 4.90 Å². The zero-order valence-electron chi connectivity index (χ0n) is 38.1. The molecule has 3 heteroatoms. The second-order valence-electron chi connectivity index (χ2n) is 20.3. The van der Waals surface area contributed by atoms with Crippen molar-refractivity contribution in [3.63, 3.8) is 0 Å². The summed E-state index contributed by atoms with van der Waals surface area (Å²) in [5, 5.41) is 2.51. The van der Waals surface area contributed by atoms with Gasteiger partial charge in [-0.1, -0.05) is 196 Å². The van der Waals surface area contributed by atoms with Crippen molar-refractivity contribution in [2.24, 2.45) is 5.41 Å². The first-order valence-corrected chi connectivity index (χ1v) is 25.5. The van der Waals surface area contributed by atoms with E-state index in [1.165, 1.54) is 98.0 Å². The molecule has 14 rings (SSSR count). The Hall–Kier alpha value is -6.52. The molecule has 5 unspecified atom stereocenters. The summed E-state index contributed by atoms with van der Waals surface area (Å²) in [6.45, 7) is 9.73. The van der Waals surface area contributed by atoms with E-state index in [1.54, 1.807) is 0 Å². The monoisotopic (exact) mass is 895 g/mol. The fourth-order valence-electron chi connectivity index (χ4n) is 13.7. The van der Waals surface area contributed by atoms with Crippen molar-refractivity contribution < 1.29 is 0 Å². The molecular formula is C64H49NS2. The molecule has 6 aliphatic rings. The number of allylic oxidation sites excluding steroid dienone is 7. The molecule has 4 aliphatic carbocycles. The van der Waals surface area contributed by atoms with E-state index >= 15 is 0 Å². The number of hydrogen-bond donors (Lipinski definition) is 0. The minimum absolute atomic E-state index is 0.0537. The highest BCUT2D eigenvalue weighted by Gasteiger charge is 2.62. The fourth-order valence-corrected chi connectivity index (χ4v) is 16.3. The zero-order chi connectivity index (χ0) is 44.9. The summed E-state index contributed by atoms with van der Waals surface area (Å²) < 4.78 is -0.0537. The van der Waals surface area contributed by atoms with Crippen LogP contribution in [0.5, 0.6) is 0 Å². The number of benzene rings is 8. The molecule has 8 aromatic carbocycles. The van der Waals surface area contributed by atoms with Gasteiger partial charge < -0.3 is 4.90 Å². The van der Waals surface area contributed by atoms with Crippen LogP contribution in [0.25, 0.3) is 27.5 Å². The van der Waals surface area contributed by atoms with Crippen molar-refractivity contribution in [2.45, 2.75) is 69.8 Å². The number of thioether (sulfide) groups is 1. The first kappa shape index (κ1) is 39.6. The van der Waals surface area contributed by atoms with Crippen molar-refractivity contribution in [3.8, 4) is 11.1 Å². The molecule has 8 aromatic rings. The summed E-state index contributed by atoms with van der Waals surface area (Å²) in [6.07, 6.45) is 16.6. The Balaban J connectivity index is 1.02. The Kier molecular flexibility index (Phi) is 8.29. The van der Waals surface area contributed by atoms with E-state index < -0.39 is 5.41 Å². The SMILES string of the molecule is CC1(C)c2ccccc2-c2ccc(N(c3ccc4c(c3)C3(c5ccccc5S4)c4ccccc4C4C=CC=CC43C)c3ccc(C4=CC=CC5(C)Sc6ccccc6C45)c4ccccc34)cc21. The maximum Gasteiger partial charge on any atom is 0.0574 e. The quantitative estimate of drug-likeness (QED) is 0.173. The van der Waals surface area contributed by atoms with Gasteiger partial charge in [-0.2, -0.15) is 0 Å². The molecule has 1 nitrogen and oxygen atoms in total. The van der Waals surface area contributed by atoms with Crippen LogP contribution in [0.15, 0.2) is 227 Å². The van der Waals surface area contributed by atoms with E-state index in [1.807, 2.05) is 23.5 Å². The number of rotatable bonds is 4. The van der Waals surface area contributed by atoms with Crippen molar-refractivity contribution >= 4 is 56.9 Å². The second-order valence-corrected chi connectivity index (χ2v) is 22.9. The Labute approximate surface area is 402 Å². The van der Waals surface area contributed by atoms with Crippen LogP contribution >= 0.6 is 23.5 Å². The highest BCUT2D eigenvalue weighted by molar-refractivity contribution is 8.01. The Morgan fingerprint density at radius 3 is 1.97 bits per heavy atom. The molecule has 0 amide bonds. The minimum Gasteiger partial charge on any atom is -0.310 e. The fraction of sp³-hybridized carbons (Fsp3) is 0.156. The van der Waals surface area contributed by atoms with E-state index in [9.17, 15) is 0 Å². The molecule has 0 fully saturated rings. The number of hydrogen-bond acceptors (Lipinski definition) is 3. The Bertz CT molecular complexity index is 3590. The summed E-state index contributed by atoms with van der Waals surface area (Å²) in [5.74, 6) is 0.496. The molecule has 0 N–H and O–H groups in total. The molecular weight excluding hydrogens is 847 g/mol. The van der Waals surface area contributed by atoms with E-state index in [0.717, 1.165) is 5.69 Å². The molecule has 0 saturated heterocycles. The number of anilines is 3. The summed E-state index contributed by atoms with van der Waals surface area (Å²) >= 11 is 3.93. The molecule has 1 spiro atoms. The third-order valence-electron chi connectivity index (χ3n) is 16.6. The standard InChI is InChI=1S/C64H49NS2/c1-61(2)50-24-10-7-19-44(50)45-32-30-40(38-54(45)61)65(56-34-33-43(42-18-5-6-20-46(42)56)47-23-17-37-63(4)60(47)49-22-9-13-28-57(49)67-63)41-31-35-59-55(39-41)64(53-27-12-14-29-58(53)66-59)52-26-11-8-21-48(52)51-25-15-16-36-62(51,64)3/h5-39,51,60H,1-4H3. The van der Waals surface area contributed by atoms with Gasteiger partial charge in [0.15, 0.2) is 0 Å². The largest absolute Gasteiger partial charge is 0.310 e. The highest BCUT2D eigenvalue weighted by atomic mass is 32.2. The number of fused-ring (bicyclic) bond motifs is 16. The summed E-state index contributed by atoms with van der Waals surface area (Å²) in [6, 6.07) is 65.3. The van der Waals surface area contributed by atoms with Crippen molar-refractivity contribution in [1.82, 2.24) is 0 Å². The molecule has 0 bridgehead atoms. The van der Waals surface area contributed by atoms with Crippen molar-refractivity contribution in [1.29, 1.82) is 0 Å². The van der Waals surface area contributed by atoms with Gasteiger partial charge >= 0.3 is 0 Å². The predicted molar refractivity (Wildman–Crippen MR) is 283 cm³/mol. The molecule has 67 heavy (non-hydrogen) atoms. The van der Waals surface area contributed by atoms with E-state index in [0.29, 0.717) is 0 Å². The zero-order valence-corrected chi connectivity index (χ0v) is 39.8. The molecule has 0 radical (unpaired) electrons. The van der Waals surface area contributed by atoms with Gasteiger partial charge in [-0.25, -0.2) is 0 Å². The van der Waals surface area contributed by atoms with Crippen LogP contribution in [0.4, 0.5) is 17.1 Å². The lowest BCUT2D eigenvalue weighted by atomic mass is 9.54. The van der Waals surface area contributed by atoms with Gasteiger partial charge in [0.1, 0.15) is 0 Å². The normalized spacial score (nSPS) is 24.8. The van der Waals surface area contributed by atoms with Gasteiger partial charge in [-0.15, -0.1) is 11.8 Å². The first-order chi connectivity index (χ1) is 32.7. The predicted octanol–water partition coefficient (Wildman–Crippen LogP) is 17.2. The van der Waals surface area contributed by atoms with Gasteiger partial charge in [-0.05, 0) is 122 Å². The van der Waals surface area contributed by atoms with Crippen LogP contribution in [0.3, 0.4) is 0 Å². The first-order valence-electron chi connectivity index (χ1n) is 23.8. The second kappa shape index (κ2) is 14.0. The summed E-state index contributed by atoms with van der Waals surface area (Å²) in [4.78, 5) is 6.63. The lowest BCUT2D eigenvalue weighted by Crippen LogP contribution is -2.45. The van der Waals surface area contributed by atoms with E-state index in [-0.39, 0.29) is 27.4 Å². The van der Waals surface area contributed by atoms with Crippen LogP contribution in [-0.4, -0.2) is 4.75 Å². The average Bonchev–Trinajstić information content (AvgIpc) is 3.89. The lowest BCUT2D eigenvalue weighted by molar-refractivity contribution is 0.281. The molecule has 0 aromatic heterocycles. The maximum absolute atomic E-state index is 2.59. The van der Waals surface area contributed by atoms with Crippen LogP contribution < -0.4 is 4.90 Å². The maximum atomic E-state index is 2.59. The van der Waals surface area contributed by atoms with Gasteiger partial charge in [0, 0.05) is 58.9 Å². The van der Waals surface area contributed by atoms with Crippen LogP contribution in [0, 0.1) is 5.41 Å². The van der Waals surface area contributed by atoms with Crippen LogP contribution in [-0.2, 0) is 10.8 Å². The van der Waals surface area contributed by atoms with E-state index in [2.05, 4.69) is 245 Å². The number of nitrogens with zero attached hydrogens (tertiary/aromatic N) is 1. The smallest absolute Gasteiger partial charge is 0.0574 e. The topological polar surface area (TPSA) is 3.24 Å². The molecule has 2 aliphatic heterocycles. The third-order valence-corrected chi connectivity index (χ3v) is 19.1. The average molecular weight is 896 g/mol. The summed E-state index contributed by atoms with van der Waals surface area (Å²) in [7, 11) is 0. The Morgan fingerprint density at radius 2 is 1.12 bits per heavy atom. The highest BCUT2D eigenvalue weighted by Crippen LogP contribution is 2.71. The third kappa shape index (κ3) is 5.20. The van der Waals surface area contributed by atoms with Crippen molar-refractivity contribution in [3.05, 3.63) is 257 Å². The van der Waals surface area contributed by atoms with E-state index in [4.69, 9.17) is 0 Å². The minimum atomic E-state index is -0.426. The van der Waals surface area contributed by atoms with Gasteiger partial charge in [0.2, 0.25) is 0 Å². The van der Waals surface area contributed by atoms with Gasteiger partial charge in [0.05, 0.1) is 11.1 Å². The molecule has 5 atom stereocenters.